The van der Waals surface area contributed by atoms with Crippen LogP contribution in [0.4, 0.5) is 0 Å². The molecule has 2 N–H and O–H groups in total. The van der Waals surface area contributed by atoms with Crippen LogP contribution in [-0.2, 0) is 5.11 Å². The van der Waals surface area contributed by atoms with Crippen molar-refractivity contribution in [1.29, 1.82) is 0 Å². The Bertz CT molecular complexity index is 242. The summed E-state index contributed by atoms with van der Waals surface area (Å²) >= 11 is 0. The normalized spacial score (nSPS) is 9.30. The molecule has 0 spiro atoms. The summed E-state index contributed by atoms with van der Waals surface area (Å²) in [7, 11) is 1.51. The van der Waals surface area contributed by atoms with Crippen molar-refractivity contribution < 1.29 is 9.90 Å². The molecule has 0 aliphatic heterocycles. The number of carbonyl (C=O) groups excluding carboxylic acids is 1. The second-order valence-corrected chi connectivity index (χ2v) is 1.83. The Morgan fingerprint density at radius 3 is 2.80 bits per heavy atom. The van der Waals surface area contributed by atoms with Gasteiger partial charge in [0.15, 0.2) is 5.75 Å². The highest BCUT2D eigenvalue weighted by Crippen LogP contribution is 2.09. The zero-order valence-corrected chi connectivity index (χ0v) is 5.47. The summed E-state index contributed by atoms with van der Waals surface area (Å²) < 4.78 is 0. The lowest BCUT2D eigenvalue weighted by molar-refractivity contribution is 0.0958. The van der Waals surface area contributed by atoms with E-state index in [-0.39, 0.29) is 11.7 Å². The minimum absolute atomic E-state index is 0.182. The third-order valence-corrected chi connectivity index (χ3v) is 1.13. The van der Waals surface area contributed by atoms with E-state index in [4.69, 9.17) is 0 Å². The van der Waals surface area contributed by atoms with Gasteiger partial charge in [-0.3, -0.25) is 9.90 Å². The molecular weight excluding hydrogens is 132 g/mol. The molecule has 1 aromatic rings. The van der Waals surface area contributed by atoms with E-state index in [1.807, 2.05) is 0 Å². The van der Waals surface area contributed by atoms with Crippen molar-refractivity contribution in [3.63, 3.8) is 0 Å². The molecule has 1 heterocycles. The van der Waals surface area contributed by atoms with E-state index >= 15 is 0 Å². The van der Waals surface area contributed by atoms with Gasteiger partial charge in [0.1, 0.15) is 5.69 Å². The Balaban J connectivity index is 2.85. The molecule has 1 amide bonds. The Hall–Kier alpha value is -1.45. The van der Waals surface area contributed by atoms with Gasteiger partial charge in [-0.1, -0.05) is 0 Å². The maximum absolute atomic E-state index is 10.7. The molecule has 0 unspecified atom stereocenters. The quantitative estimate of drug-likeness (QED) is 0.585. The highest BCUT2D eigenvalue weighted by Gasteiger charge is 2.04. The summed E-state index contributed by atoms with van der Waals surface area (Å²) in [5.41, 5.74) is 0.299. The van der Waals surface area contributed by atoms with Gasteiger partial charge in [0.05, 0.1) is 0 Å². The molecule has 0 bridgehead atoms. The molecule has 53 valence electrons. The SMILES string of the molecule is CNC(=O)c1cc([O])c[nH]1. The molecule has 0 aliphatic carbocycles. The number of hydrogen-bond acceptors (Lipinski definition) is 1. The van der Waals surface area contributed by atoms with E-state index in [0.717, 1.165) is 0 Å². The predicted octanol–water partition coefficient (Wildman–Crippen LogP) is 0.518. The third kappa shape index (κ3) is 1.10. The number of aromatic nitrogens is 1. The first kappa shape index (κ1) is 6.67. The topological polar surface area (TPSA) is 64.8 Å². The van der Waals surface area contributed by atoms with Crippen molar-refractivity contribution in [3.8, 4) is 5.75 Å². The van der Waals surface area contributed by atoms with Crippen molar-refractivity contribution in [2.24, 2.45) is 0 Å². The van der Waals surface area contributed by atoms with Gasteiger partial charge in [-0.15, -0.1) is 0 Å². The number of H-pyrrole nitrogens is 1. The Kier molecular flexibility index (Phi) is 1.62. The molecule has 0 saturated heterocycles. The second kappa shape index (κ2) is 2.43. The van der Waals surface area contributed by atoms with Crippen LogP contribution in [0, 0.1) is 0 Å². The molecular formula is C6H7N2O2. The fourth-order valence-electron chi connectivity index (χ4n) is 0.640. The highest BCUT2D eigenvalue weighted by molar-refractivity contribution is 5.92. The Labute approximate surface area is 57.9 Å². The van der Waals surface area contributed by atoms with Crippen molar-refractivity contribution in [1.82, 2.24) is 10.3 Å². The maximum Gasteiger partial charge on any atom is 0.267 e. The standard InChI is InChI=1S/C6H7N2O2/c1-7-6(10)5-2-4(9)3-8-5/h2-3,8H,1H3,(H,7,10). The summed E-state index contributed by atoms with van der Waals surface area (Å²) in [4.78, 5) is 13.3. The molecule has 1 aromatic heterocycles. The van der Waals surface area contributed by atoms with Crippen LogP contribution in [0.15, 0.2) is 12.3 Å². The molecule has 0 aromatic carbocycles. The first-order chi connectivity index (χ1) is 4.74. The van der Waals surface area contributed by atoms with E-state index in [9.17, 15) is 9.90 Å². The van der Waals surface area contributed by atoms with E-state index < -0.39 is 0 Å². The number of aromatic amines is 1. The van der Waals surface area contributed by atoms with Gasteiger partial charge in [0.2, 0.25) is 0 Å². The van der Waals surface area contributed by atoms with Gasteiger partial charge in [-0.25, -0.2) is 0 Å². The minimum atomic E-state index is -0.276. The zero-order valence-electron chi connectivity index (χ0n) is 5.47. The van der Waals surface area contributed by atoms with Gasteiger partial charge in [-0.2, -0.15) is 0 Å². The molecule has 1 radical (unpaired) electrons. The first-order valence-corrected chi connectivity index (χ1v) is 2.81. The number of rotatable bonds is 1. The van der Waals surface area contributed by atoms with Crippen molar-refractivity contribution in [2.45, 2.75) is 0 Å². The van der Waals surface area contributed by atoms with Crippen molar-refractivity contribution in [3.05, 3.63) is 18.0 Å². The lowest BCUT2D eigenvalue weighted by Crippen LogP contribution is -2.17. The summed E-state index contributed by atoms with van der Waals surface area (Å²) in [5.74, 6) is -0.458. The molecule has 4 nitrogen and oxygen atoms in total. The molecule has 10 heavy (non-hydrogen) atoms. The average molecular weight is 139 g/mol. The molecule has 1 rings (SSSR count). The van der Waals surface area contributed by atoms with Crippen LogP contribution >= 0.6 is 0 Å². The lowest BCUT2D eigenvalue weighted by Gasteiger charge is -1.91. The monoisotopic (exact) mass is 139 g/mol. The second-order valence-electron chi connectivity index (χ2n) is 1.83. The zero-order chi connectivity index (χ0) is 7.56. The van der Waals surface area contributed by atoms with Crippen molar-refractivity contribution >= 4 is 5.91 Å². The van der Waals surface area contributed by atoms with E-state index in [0.29, 0.717) is 5.69 Å². The summed E-state index contributed by atoms with van der Waals surface area (Å²) in [6, 6.07) is 1.25. The summed E-state index contributed by atoms with van der Waals surface area (Å²) in [5, 5.41) is 12.9. The third-order valence-electron chi connectivity index (χ3n) is 1.13. The largest absolute Gasteiger partial charge is 0.354 e. The van der Waals surface area contributed by atoms with Crippen LogP contribution < -0.4 is 5.32 Å². The molecule has 0 saturated carbocycles. The van der Waals surface area contributed by atoms with Gasteiger partial charge >= 0.3 is 0 Å². The number of hydrogen-bond donors (Lipinski definition) is 2. The lowest BCUT2D eigenvalue weighted by atomic mass is 10.4. The molecule has 4 heteroatoms. The van der Waals surface area contributed by atoms with Crippen molar-refractivity contribution in [2.75, 3.05) is 7.05 Å². The minimum Gasteiger partial charge on any atom is -0.354 e. The van der Waals surface area contributed by atoms with Gasteiger partial charge < -0.3 is 10.3 Å². The molecule has 0 aliphatic rings. The van der Waals surface area contributed by atoms with Crippen LogP contribution in [0.2, 0.25) is 0 Å². The first-order valence-electron chi connectivity index (χ1n) is 2.81. The highest BCUT2D eigenvalue weighted by atomic mass is 16.3. The van der Waals surface area contributed by atoms with E-state index in [1.165, 1.54) is 19.3 Å². The average Bonchev–Trinajstić information content (AvgIpc) is 2.34. The fraction of sp³-hybridized carbons (Fsp3) is 0.167. The van der Waals surface area contributed by atoms with Crippen LogP contribution in [0.5, 0.6) is 5.75 Å². The number of amides is 1. The van der Waals surface area contributed by atoms with Gasteiger partial charge in [-0.05, 0) is 0 Å². The smallest absolute Gasteiger partial charge is 0.267 e. The molecule has 0 atom stereocenters. The molecule has 0 fully saturated rings. The van der Waals surface area contributed by atoms with E-state index in [1.54, 1.807) is 0 Å². The van der Waals surface area contributed by atoms with E-state index in [2.05, 4.69) is 10.3 Å². The number of nitrogens with one attached hydrogen (secondary N) is 2. The predicted molar refractivity (Wildman–Crippen MR) is 34.3 cm³/mol. The van der Waals surface area contributed by atoms with Crippen LogP contribution in [0.1, 0.15) is 10.5 Å². The summed E-state index contributed by atoms with van der Waals surface area (Å²) in [6.45, 7) is 0. The van der Waals surface area contributed by atoms with Gasteiger partial charge in [0, 0.05) is 19.3 Å². The maximum atomic E-state index is 10.7. The van der Waals surface area contributed by atoms with Crippen LogP contribution in [-0.4, -0.2) is 17.9 Å². The fourth-order valence-corrected chi connectivity index (χ4v) is 0.640. The Morgan fingerprint density at radius 1 is 1.70 bits per heavy atom. The Morgan fingerprint density at radius 2 is 2.40 bits per heavy atom. The van der Waals surface area contributed by atoms with Gasteiger partial charge in [0.25, 0.3) is 5.91 Å². The number of carbonyl (C=O) groups is 1. The van der Waals surface area contributed by atoms with Crippen LogP contribution in [0.25, 0.3) is 0 Å². The summed E-state index contributed by atoms with van der Waals surface area (Å²) in [6.07, 6.45) is 1.24. The van der Waals surface area contributed by atoms with Crippen LogP contribution in [0.3, 0.4) is 0 Å².